The maximum Gasteiger partial charge on any atom is 0.417 e. The lowest BCUT2D eigenvalue weighted by Gasteiger charge is -2.38. The third-order valence-corrected chi connectivity index (χ3v) is 11.5. The van der Waals surface area contributed by atoms with Crippen molar-refractivity contribution in [2.45, 2.75) is 63.3 Å². The number of nitrogens with two attached hydrogens (primary N) is 1. The Morgan fingerprint density at radius 3 is 1.59 bits per heavy atom. The predicted octanol–water partition coefficient (Wildman–Crippen LogP) is 7.27. The normalized spacial score (nSPS) is 15.1. The molecule has 1 aliphatic heterocycles. The minimum atomic E-state index is -4.85. The molecule has 1 fully saturated rings. The van der Waals surface area contributed by atoms with Crippen LogP contribution in [0.15, 0.2) is 82.4 Å². The Morgan fingerprint density at radius 2 is 1.20 bits per heavy atom. The van der Waals surface area contributed by atoms with E-state index >= 15 is 0 Å². The van der Waals surface area contributed by atoms with Crippen molar-refractivity contribution in [1.82, 2.24) is 14.5 Å². The number of amides is 1. The molecule has 4 N–H and O–H groups in total. The molecule has 1 aliphatic rings. The van der Waals surface area contributed by atoms with Crippen LogP contribution in [0.2, 0.25) is 0 Å². The molecular weight excluding hydrogens is 972 g/mol. The molecule has 71 heavy (non-hydrogen) atoms. The summed E-state index contributed by atoms with van der Waals surface area (Å²) in [5.41, 5.74) is 0.268. The maximum absolute atomic E-state index is 14.9. The molecule has 3 heterocycles. The smallest absolute Gasteiger partial charge is 0.417 e. The highest BCUT2D eigenvalue weighted by Crippen LogP contribution is 2.38. The fourth-order valence-corrected chi connectivity index (χ4v) is 7.54. The SMILES string of the molecule is COC(=O)[C@@H](N)Cc1ccc(-c2c(C(F)(F)F)cc(C)n(C)c2=O)cc1.Cc1cc(C(F)(F)F)c(-c2ccc(C[C@H](NC(=O)c3c(F)cc(N4CCOC[C@@H]4C(F)(F)F)cc3F)C(=O)O)cc2)c(=O)n1C. The van der Waals surface area contributed by atoms with Gasteiger partial charge in [-0.05, 0) is 66.8 Å². The summed E-state index contributed by atoms with van der Waals surface area (Å²) in [6.45, 7) is 1.51. The number of morpholine rings is 1. The van der Waals surface area contributed by atoms with Crippen LogP contribution >= 0.6 is 0 Å². The van der Waals surface area contributed by atoms with Crippen LogP contribution in [-0.2, 0) is 58.4 Å². The van der Waals surface area contributed by atoms with Crippen LogP contribution in [0.5, 0.6) is 0 Å². The van der Waals surface area contributed by atoms with E-state index in [0.717, 1.165) is 28.8 Å². The van der Waals surface area contributed by atoms with Crippen molar-refractivity contribution in [3.63, 3.8) is 0 Å². The number of halogens is 11. The number of aryl methyl sites for hydroxylation is 2. The topological polar surface area (TPSA) is 175 Å². The maximum atomic E-state index is 14.9. The average molecular weight is 1020 g/mol. The van der Waals surface area contributed by atoms with Crippen molar-refractivity contribution in [2.24, 2.45) is 19.8 Å². The number of benzene rings is 3. The fourth-order valence-electron chi connectivity index (χ4n) is 7.54. The number of anilines is 1. The van der Waals surface area contributed by atoms with Gasteiger partial charge in [0.2, 0.25) is 0 Å². The van der Waals surface area contributed by atoms with Gasteiger partial charge in [-0.3, -0.25) is 19.2 Å². The molecule has 0 unspecified atom stereocenters. The van der Waals surface area contributed by atoms with Gasteiger partial charge >= 0.3 is 30.5 Å². The Bertz CT molecular complexity index is 2890. The summed E-state index contributed by atoms with van der Waals surface area (Å²) in [4.78, 5) is 61.8. The van der Waals surface area contributed by atoms with E-state index in [1.165, 1.54) is 76.0 Å². The number of aliphatic carboxylic acids is 1. The zero-order valence-corrected chi connectivity index (χ0v) is 38.1. The van der Waals surface area contributed by atoms with Gasteiger partial charge in [0.1, 0.15) is 35.3 Å². The first kappa shape index (κ1) is 54.9. The van der Waals surface area contributed by atoms with Crippen LogP contribution in [0.3, 0.4) is 0 Å². The zero-order valence-electron chi connectivity index (χ0n) is 38.1. The minimum Gasteiger partial charge on any atom is -0.480 e. The summed E-state index contributed by atoms with van der Waals surface area (Å²) in [5.74, 6) is -6.79. The third kappa shape index (κ3) is 12.6. The van der Waals surface area contributed by atoms with Crippen molar-refractivity contribution in [3.8, 4) is 22.3 Å². The monoisotopic (exact) mass is 1020 g/mol. The number of aromatic nitrogens is 2. The Labute approximate surface area is 396 Å². The lowest BCUT2D eigenvalue weighted by molar-refractivity contribution is -0.167. The first-order chi connectivity index (χ1) is 33.0. The van der Waals surface area contributed by atoms with Crippen molar-refractivity contribution < 1.29 is 77.3 Å². The molecule has 382 valence electrons. The first-order valence-electron chi connectivity index (χ1n) is 21.0. The number of carbonyl (C=O) groups is 3. The fraction of sp³-hybridized carbons (Fsp3) is 0.340. The van der Waals surface area contributed by atoms with E-state index in [0.29, 0.717) is 22.6 Å². The van der Waals surface area contributed by atoms with E-state index in [1.807, 2.05) is 5.32 Å². The zero-order chi connectivity index (χ0) is 53.1. The van der Waals surface area contributed by atoms with E-state index in [-0.39, 0.29) is 47.7 Å². The second-order valence-corrected chi connectivity index (χ2v) is 16.3. The van der Waals surface area contributed by atoms with Gasteiger partial charge in [0.15, 0.2) is 0 Å². The Kier molecular flexibility index (Phi) is 16.6. The van der Waals surface area contributed by atoms with Gasteiger partial charge in [-0.15, -0.1) is 0 Å². The first-order valence-corrected chi connectivity index (χ1v) is 21.0. The van der Waals surface area contributed by atoms with Crippen molar-refractivity contribution in [3.05, 3.63) is 144 Å². The summed E-state index contributed by atoms with van der Waals surface area (Å²) in [7, 11) is 3.94. The van der Waals surface area contributed by atoms with E-state index in [9.17, 15) is 77.4 Å². The number of methoxy groups -OCH3 is 1. The number of pyridine rings is 2. The Balaban J connectivity index is 0.000000306. The predicted molar refractivity (Wildman–Crippen MR) is 234 cm³/mol. The molecule has 6 rings (SSSR count). The second kappa shape index (κ2) is 21.5. The number of ether oxygens (including phenoxy) is 2. The molecule has 0 bridgehead atoms. The lowest BCUT2D eigenvalue weighted by Crippen LogP contribution is -2.53. The highest BCUT2D eigenvalue weighted by atomic mass is 19.4. The molecule has 0 aliphatic carbocycles. The Morgan fingerprint density at radius 1 is 0.761 bits per heavy atom. The summed E-state index contributed by atoms with van der Waals surface area (Å²) in [5, 5.41) is 11.6. The molecule has 0 saturated carbocycles. The lowest BCUT2D eigenvalue weighted by atomic mass is 9.97. The van der Waals surface area contributed by atoms with E-state index in [1.54, 1.807) is 0 Å². The molecule has 3 aromatic carbocycles. The van der Waals surface area contributed by atoms with Gasteiger partial charge in [0, 0.05) is 44.1 Å². The summed E-state index contributed by atoms with van der Waals surface area (Å²) < 4.78 is 163. The van der Waals surface area contributed by atoms with Crippen molar-refractivity contribution in [1.29, 1.82) is 0 Å². The van der Waals surface area contributed by atoms with Gasteiger partial charge in [-0.25, -0.2) is 13.6 Å². The second-order valence-electron chi connectivity index (χ2n) is 16.3. The number of nitrogens with zero attached hydrogens (tertiary/aromatic N) is 3. The number of nitrogens with one attached hydrogen (secondary N) is 1. The number of hydrogen-bond donors (Lipinski definition) is 3. The summed E-state index contributed by atoms with van der Waals surface area (Å²) in [6, 6.07) is 8.68. The number of carboxylic acid groups (broad SMARTS) is 1. The van der Waals surface area contributed by atoms with Gasteiger partial charge in [0.25, 0.3) is 17.0 Å². The van der Waals surface area contributed by atoms with Gasteiger partial charge in [0.05, 0.1) is 42.6 Å². The van der Waals surface area contributed by atoms with E-state index in [2.05, 4.69) is 4.74 Å². The van der Waals surface area contributed by atoms with Gasteiger partial charge in [-0.2, -0.15) is 39.5 Å². The van der Waals surface area contributed by atoms with Crippen LogP contribution in [0.25, 0.3) is 22.3 Å². The van der Waals surface area contributed by atoms with Crippen molar-refractivity contribution in [2.75, 3.05) is 31.8 Å². The molecule has 2 aromatic heterocycles. The van der Waals surface area contributed by atoms with Gasteiger partial charge < -0.3 is 39.7 Å². The molecule has 1 saturated heterocycles. The Hall–Kier alpha value is -7.08. The number of hydrogen-bond acceptors (Lipinski definition) is 9. The molecule has 24 heteroatoms. The average Bonchev–Trinajstić information content (AvgIpc) is 3.29. The van der Waals surface area contributed by atoms with Crippen LogP contribution in [-0.4, -0.2) is 83.3 Å². The number of esters is 1. The molecule has 1 amide bonds. The molecule has 13 nitrogen and oxygen atoms in total. The van der Waals surface area contributed by atoms with Crippen molar-refractivity contribution >= 4 is 23.5 Å². The highest BCUT2D eigenvalue weighted by molar-refractivity contribution is 5.97. The quantitative estimate of drug-likeness (QED) is 0.0902. The van der Waals surface area contributed by atoms with Crippen LogP contribution in [0, 0.1) is 25.5 Å². The molecule has 3 atom stereocenters. The highest BCUT2D eigenvalue weighted by Gasteiger charge is 2.46. The van der Waals surface area contributed by atoms with E-state index in [4.69, 9.17) is 10.5 Å². The number of carbonyl (C=O) groups excluding carboxylic acids is 2. The molecule has 0 spiro atoms. The van der Waals surface area contributed by atoms with Crippen LogP contribution in [0.1, 0.15) is 44.0 Å². The largest absolute Gasteiger partial charge is 0.480 e. The summed E-state index contributed by atoms with van der Waals surface area (Å²) in [6.07, 6.45) is -14.6. The number of rotatable bonds is 11. The van der Waals surface area contributed by atoms with Crippen LogP contribution < -0.4 is 27.1 Å². The number of alkyl halides is 9. The number of carboxylic acids is 1. The van der Waals surface area contributed by atoms with E-state index < -0.39 is 124 Å². The standard InChI is InChI=1S/C29H25F8N3O5.C18H19F3N2O3/c1-14-9-18(28(32,33)34)23(26(42)39(14)2)16-5-3-15(4-6-16)10-21(27(43)44)38-25(41)24-19(30)11-17(12-20(24)31)40-7-8-45-13-22(40)29(35,36)37;1-10-8-13(18(19,20)21)15(16(24)23(10)2)12-6-4-11(5-7-12)9-14(22)17(25)26-3/h3-6,9,11-12,21-22H,7-8,10,13H2,1-2H3,(H,38,41)(H,43,44);4-8,14H,9,22H2,1-3H3/t21-,22+;14-/m00/s1. The van der Waals surface area contributed by atoms with Crippen LogP contribution in [0.4, 0.5) is 54.0 Å². The molecule has 0 radical (unpaired) electrons. The summed E-state index contributed by atoms with van der Waals surface area (Å²) >= 11 is 0. The molecular formula is C47H44F11N5O8. The van der Waals surface area contributed by atoms with Gasteiger partial charge in [-0.1, -0.05) is 48.5 Å². The minimum absolute atomic E-state index is 0.0712. The third-order valence-electron chi connectivity index (χ3n) is 11.5. The molecule has 5 aromatic rings.